The lowest BCUT2D eigenvalue weighted by atomic mass is 9.86. The Bertz CT molecular complexity index is 660. The Hall–Kier alpha value is -2.64. The van der Waals surface area contributed by atoms with E-state index in [2.05, 4.69) is 0 Å². The van der Waals surface area contributed by atoms with Crippen molar-refractivity contribution in [1.82, 2.24) is 4.90 Å². The number of carbonyl (C=O) groups excluding carboxylic acids is 1. The fourth-order valence-corrected chi connectivity index (χ4v) is 2.97. The van der Waals surface area contributed by atoms with Gasteiger partial charge in [0, 0.05) is 19.2 Å². The topological polar surface area (TPSA) is 110 Å². The van der Waals surface area contributed by atoms with E-state index in [0.717, 1.165) is 0 Å². The van der Waals surface area contributed by atoms with Crippen molar-refractivity contribution in [1.29, 1.82) is 0 Å². The van der Waals surface area contributed by atoms with Crippen LogP contribution in [0.15, 0.2) is 18.2 Å². The highest BCUT2D eigenvalue weighted by molar-refractivity contribution is 5.98. The second-order valence-corrected chi connectivity index (χ2v) is 5.83. The molecule has 2 unspecified atom stereocenters. The Morgan fingerprint density at radius 2 is 2.17 bits per heavy atom. The number of carboxylic acids is 1. The molecule has 1 aromatic carbocycles. The Morgan fingerprint density at radius 1 is 1.46 bits per heavy atom. The van der Waals surface area contributed by atoms with Gasteiger partial charge in [0.25, 0.3) is 11.6 Å². The second-order valence-electron chi connectivity index (χ2n) is 5.83. The van der Waals surface area contributed by atoms with E-state index in [9.17, 15) is 19.7 Å². The summed E-state index contributed by atoms with van der Waals surface area (Å²) in [5.74, 6) is -1.68. The first-order valence-corrected chi connectivity index (χ1v) is 7.78. The number of piperidine rings is 1. The van der Waals surface area contributed by atoms with Gasteiger partial charge in [-0.1, -0.05) is 6.92 Å². The zero-order chi connectivity index (χ0) is 17.9. The Balaban J connectivity index is 2.27. The number of hydrogen-bond acceptors (Lipinski definition) is 5. The predicted octanol–water partition coefficient (Wildman–Crippen LogP) is 2.18. The molecule has 1 heterocycles. The maximum atomic E-state index is 12.7. The van der Waals surface area contributed by atoms with Crippen LogP contribution in [-0.2, 0) is 4.79 Å². The molecule has 2 atom stereocenters. The minimum absolute atomic E-state index is 0.0353. The van der Waals surface area contributed by atoms with Crippen molar-refractivity contribution in [2.24, 2.45) is 11.8 Å². The predicted molar refractivity (Wildman–Crippen MR) is 85.1 cm³/mol. The second kappa shape index (κ2) is 7.29. The number of carbonyl (C=O) groups is 2. The van der Waals surface area contributed by atoms with Crippen LogP contribution in [-0.4, -0.2) is 46.5 Å². The van der Waals surface area contributed by atoms with Crippen molar-refractivity contribution in [2.75, 3.05) is 19.7 Å². The van der Waals surface area contributed by atoms with E-state index in [0.29, 0.717) is 18.8 Å². The third kappa shape index (κ3) is 3.64. The van der Waals surface area contributed by atoms with Gasteiger partial charge in [0.15, 0.2) is 0 Å². The highest BCUT2D eigenvalue weighted by Gasteiger charge is 2.35. The zero-order valence-corrected chi connectivity index (χ0v) is 13.6. The summed E-state index contributed by atoms with van der Waals surface area (Å²) < 4.78 is 5.32. The van der Waals surface area contributed by atoms with E-state index in [1.54, 1.807) is 13.8 Å². The van der Waals surface area contributed by atoms with E-state index >= 15 is 0 Å². The number of nitro benzene ring substituents is 1. The smallest absolute Gasteiger partial charge is 0.306 e. The standard InChI is InChI=1S/C16H20N2O6/c1-3-24-11-4-5-14(18(22)23)13(8-11)15(19)17-7-6-12(16(20)21)10(2)9-17/h4-5,8,10,12H,3,6-7,9H2,1-2H3,(H,20,21). The van der Waals surface area contributed by atoms with Crippen LogP contribution in [0.25, 0.3) is 0 Å². The van der Waals surface area contributed by atoms with Crippen LogP contribution in [0, 0.1) is 22.0 Å². The Kier molecular flexibility index (Phi) is 5.38. The summed E-state index contributed by atoms with van der Waals surface area (Å²) in [7, 11) is 0. The van der Waals surface area contributed by atoms with Crippen LogP contribution in [0.3, 0.4) is 0 Å². The van der Waals surface area contributed by atoms with Gasteiger partial charge in [0.2, 0.25) is 0 Å². The average Bonchev–Trinajstić information content (AvgIpc) is 2.53. The van der Waals surface area contributed by atoms with E-state index in [4.69, 9.17) is 9.84 Å². The molecule has 1 aliphatic rings. The molecule has 1 aromatic rings. The van der Waals surface area contributed by atoms with E-state index in [1.165, 1.54) is 23.1 Å². The fourth-order valence-electron chi connectivity index (χ4n) is 2.97. The summed E-state index contributed by atoms with van der Waals surface area (Å²) in [5, 5.41) is 20.4. The van der Waals surface area contributed by atoms with Gasteiger partial charge in [-0.25, -0.2) is 0 Å². The van der Waals surface area contributed by atoms with Crippen molar-refractivity contribution in [3.63, 3.8) is 0 Å². The first-order valence-electron chi connectivity index (χ1n) is 7.78. The normalized spacial score (nSPS) is 20.5. The minimum atomic E-state index is -0.876. The van der Waals surface area contributed by atoms with Crippen molar-refractivity contribution in [3.05, 3.63) is 33.9 Å². The van der Waals surface area contributed by atoms with Crippen LogP contribution in [0.5, 0.6) is 5.75 Å². The lowest BCUT2D eigenvalue weighted by Gasteiger charge is -2.34. The van der Waals surface area contributed by atoms with Crippen LogP contribution < -0.4 is 4.74 Å². The number of benzene rings is 1. The Labute approximate surface area is 139 Å². The maximum Gasteiger partial charge on any atom is 0.306 e. The molecular weight excluding hydrogens is 316 g/mol. The first kappa shape index (κ1) is 17.7. The maximum absolute atomic E-state index is 12.7. The molecule has 0 aliphatic carbocycles. The quantitative estimate of drug-likeness (QED) is 0.652. The third-order valence-corrected chi connectivity index (χ3v) is 4.22. The lowest BCUT2D eigenvalue weighted by Crippen LogP contribution is -2.45. The molecular formula is C16H20N2O6. The van der Waals surface area contributed by atoms with E-state index in [1.807, 2.05) is 0 Å². The van der Waals surface area contributed by atoms with Crippen LogP contribution >= 0.6 is 0 Å². The fraction of sp³-hybridized carbons (Fsp3) is 0.500. The third-order valence-electron chi connectivity index (χ3n) is 4.22. The van der Waals surface area contributed by atoms with Gasteiger partial charge >= 0.3 is 5.97 Å². The van der Waals surface area contributed by atoms with Crippen molar-refractivity contribution < 1.29 is 24.4 Å². The molecule has 1 N–H and O–H groups in total. The molecule has 0 saturated carbocycles. The van der Waals surface area contributed by atoms with Gasteiger partial charge in [0.05, 0.1) is 17.4 Å². The summed E-state index contributed by atoms with van der Waals surface area (Å²) in [5.41, 5.74) is -0.316. The molecule has 1 aliphatic heterocycles. The van der Waals surface area contributed by atoms with Crippen molar-refractivity contribution >= 4 is 17.6 Å². The molecule has 1 amide bonds. The van der Waals surface area contributed by atoms with Crippen LogP contribution in [0.2, 0.25) is 0 Å². The summed E-state index contributed by atoms with van der Waals surface area (Å²) in [6.07, 6.45) is 0.335. The highest BCUT2D eigenvalue weighted by atomic mass is 16.6. The highest BCUT2D eigenvalue weighted by Crippen LogP contribution is 2.29. The van der Waals surface area contributed by atoms with Crippen LogP contribution in [0.4, 0.5) is 5.69 Å². The van der Waals surface area contributed by atoms with E-state index < -0.39 is 22.7 Å². The van der Waals surface area contributed by atoms with E-state index in [-0.39, 0.29) is 30.3 Å². The molecule has 8 nitrogen and oxygen atoms in total. The summed E-state index contributed by atoms with van der Waals surface area (Å²) in [6, 6.07) is 4.08. The number of carboxylic acid groups (broad SMARTS) is 1. The number of ether oxygens (including phenoxy) is 1. The molecule has 24 heavy (non-hydrogen) atoms. The molecule has 1 saturated heterocycles. The number of rotatable bonds is 5. The van der Waals surface area contributed by atoms with Gasteiger partial charge in [-0.15, -0.1) is 0 Å². The number of hydrogen-bond donors (Lipinski definition) is 1. The van der Waals surface area contributed by atoms with Gasteiger partial charge in [-0.3, -0.25) is 19.7 Å². The van der Waals surface area contributed by atoms with Crippen LogP contribution in [0.1, 0.15) is 30.6 Å². The SMILES string of the molecule is CCOc1ccc([N+](=O)[O-])c(C(=O)N2CCC(C(=O)O)C(C)C2)c1. The molecule has 0 spiro atoms. The summed E-state index contributed by atoms with van der Waals surface area (Å²) >= 11 is 0. The number of likely N-dealkylation sites (tertiary alicyclic amines) is 1. The van der Waals surface area contributed by atoms with Gasteiger partial charge in [0.1, 0.15) is 11.3 Å². The van der Waals surface area contributed by atoms with Crippen molar-refractivity contribution in [2.45, 2.75) is 20.3 Å². The number of amides is 1. The average molecular weight is 336 g/mol. The monoisotopic (exact) mass is 336 g/mol. The van der Waals surface area contributed by atoms with Gasteiger partial charge < -0.3 is 14.7 Å². The van der Waals surface area contributed by atoms with Gasteiger partial charge in [-0.05, 0) is 31.4 Å². The number of aliphatic carboxylic acids is 1. The lowest BCUT2D eigenvalue weighted by molar-refractivity contribution is -0.385. The summed E-state index contributed by atoms with van der Waals surface area (Å²) in [4.78, 5) is 36.0. The molecule has 1 fully saturated rings. The molecule has 8 heteroatoms. The minimum Gasteiger partial charge on any atom is -0.494 e. The number of nitro groups is 1. The first-order chi connectivity index (χ1) is 11.3. The zero-order valence-electron chi connectivity index (χ0n) is 13.6. The molecule has 0 bridgehead atoms. The van der Waals surface area contributed by atoms with Gasteiger partial charge in [-0.2, -0.15) is 0 Å². The Morgan fingerprint density at radius 3 is 2.71 bits per heavy atom. The number of nitrogens with zero attached hydrogens (tertiary/aromatic N) is 2. The largest absolute Gasteiger partial charge is 0.494 e. The molecule has 0 aromatic heterocycles. The molecule has 0 radical (unpaired) electrons. The molecule has 2 rings (SSSR count). The summed E-state index contributed by atoms with van der Waals surface area (Å²) in [6.45, 7) is 4.44. The van der Waals surface area contributed by atoms with Crippen molar-refractivity contribution in [3.8, 4) is 5.75 Å². The molecule has 130 valence electrons.